The second-order valence-electron chi connectivity index (χ2n) is 9.62. The molecule has 3 heterocycles. The Morgan fingerprint density at radius 2 is 1.97 bits per heavy atom. The Kier molecular flexibility index (Phi) is 3.93. The van der Waals surface area contributed by atoms with Gasteiger partial charge in [-0.1, -0.05) is 51.1 Å². The second kappa shape index (κ2) is 6.50. The third kappa shape index (κ3) is 2.85. The molecule has 0 bridgehead atoms. The number of thiophene rings is 1. The number of aromatic nitrogens is 4. The minimum Gasteiger partial charge on any atom is -0.507 e. The highest BCUT2D eigenvalue weighted by molar-refractivity contribution is 7.19. The summed E-state index contributed by atoms with van der Waals surface area (Å²) in [6.07, 6.45) is 5.10. The largest absolute Gasteiger partial charge is 0.507 e. The van der Waals surface area contributed by atoms with Crippen molar-refractivity contribution in [2.45, 2.75) is 40.0 Å². The number of benzene rings is 2. The summed E-state index contributed by atoms with van der Waals surface area (Å²) in [4.78, 5) is 12.1. The minimum atomic E-state index is 0.221. The standard InChI is InChI=1S/C25H24N4OS/c1-25(2,3)15-9-11-17-19(12-15)31-24-20(17)23-27-22(28-29(23)13-26-24)18-10-8-14-6-4-5-7-16(14)21(18)30/h4-8,10,13,15,30H,9,11-12H2,1-3H3/t15-/m1/s1. The number of nitrogens with zero attached hydrogens (tertiary/aromatic N) is 4. The van der Waals surface area contributed by atoms with Crippen LogP contribution in [0.25, 0.3) is 38.0 Å². The van der Waals surface area contributed by atoms with Crippen LogP contribution in [0.15, 0.2) is 42.7 Å². The van der Waals surface area contributed by atoms with E-state index in [1.807, 2.05) is 36.4 Å². The molecule has 5 aromatic rings. The Morgan fingerprint density at radius 3 is 2.81 bits per heavy atom. The first-order valence-corrected chi connectivity index (χ1v) is 11.6. The fourth-order valence-corrected chi connectivity index (χ4v) is 6.12. The lowest BCUT2D eigenvalue weighted by atomic mass is 9.72. The minimum absolute atomic E-state index is 0.221. The predicted octanol–water partition coefficient (Wildman–Crippen LogP) is 6.02. The zero-order valence-electron chi connectivity index (χ0n) is 17.9. The summed E-state index contributed by atoms with van der Waals surface area (Å²) < 4.78 is 1.76. The lowest BCUT2D eigenvalue weighted by Crippen LogP contribution is -2.26. The Bertz CT molecular complexity index is 1470. The lowest BCUT2D eigenvalue weighted by molar-refractivity contribution is 0.218. The molecule has 1 aliphatic rings. The summed E-state index contributed by atoms with van der Waals surface area (Å²) in [7, 11) is 0. The van der Waals surface area contributed by atoms with Crippen molar-refractivity contribution in [1.82, 2.24) is 19.6 Å². The molecular formula is C25H24N4OS. The van der Waals surface area contributed by atoms with E-state index in [1.165, 1.54) is 16.9 Å². The van der Waals surface area contributed by atoms with Crippen LogP contribution in [0, 0.1) is 11.3 Å². The number of hydrogen-bond donors (Lipinski definition) is 1. The van der Waals surface area contributed by atoms with Crippen LogP contribution in [0.4, 0.5) is 0 Å². The van der Waals surface area contributed by atoms with Crippen molar-refractivity contribution < 1.29 is 5.11 Å². The molecule has 1 aliphatic carbocycles. The molecule has 0 spiro atoms. The van der Waals surface area contributed by atoms with E-state index >= 15 is 0 Å². The number of rotatable bonds is 1. The van der Waals surface area contributed by atoms with Gasteiger partial charge in [0, 0.05) is 10.3 Å². The quantitative estimate of drug-likeness (QED) is 0.355. The molecule has 6 heteroatoms. The van der Waals surface area contributed by atoms with E-state index in [0.29, 0.717) is 22.7 Å². The van der Waals surface area contributed by atoms with Gasteiger partial charge >= 0.3 is 0 Å². The highest BCUT2D eigenvalue weighted by Crippen LogP contribution is 2.44. The molecule has 3 aromatic heterocycles. The molecule has 1 N–H and O–H groups in total. The molecular weight excluding hydrogens is 404 g/mol. The Labute approximate surface area is 184 Å². The van der Waals surface area contributed by atoms with Crippen LogP contribution in [0.1, 0.15) is 37.6 Å². The summed E-state index contributed by atoms with van der Waals surface area (Å²) in [5.74, 6) is 1.44. The Balaban J connectivity index is 1.52. The second-order valence-corrected chi connectivity index (χ2v) is 10.7. The average molecular weight is 429 g/mol. The average Bonchev–Trinajstić information content (AvgIpc) is 3.33. The monoisotopic (exact) mass is 428 g/mol. The SMILES string of the molecule is CC(C)(C)[C@@H]1CCc2c(sc3ncn4nc(-c5ccc6ccccc6c5O)nc4c23)C1. The number of phenols is 1. The number of aromatic hydroxyl groups is 1. The Hall–Kier alpha value is -2.99. The maximum Gasteiger partial charge on any atom is 0.185 e. The number of phenolic OH excluding ortho intramolecular Hbond substituents is 1. The molecule has 0 unspecified atom stereocenters. The van der Waals surface area contributed by atoms with Crippen LogP contribution in [-0.4, -0.2) is 24.7 Å². The van der Waals surface area contributed by atoms with Gasteiger partial charge in [0.15, 0.2) is 11.5 Å². The van der Waals surface area contributed by atoms with Crippen molar-refractivity contribution in [2.24, 2.45) is 11.3 Å². The molecule has 156 valence electrons. The molecule has 0 fully saturated rings. The zero-order valence-corrected chi connectivity index (χ0v) is 18.7. The summed E-state index contributed by atoms with van der Waals surface area (Å²) in [5.41, 5.74) is 3.18. The van der Waals surface area contributed by atoms with Gasteiger partial charge in [-0.05, 0) is 47.6 Å². The number of hydrogen-bond acceptors (Lipinski definition) is 5. The topological polar surface area (TPSA) is 63.3 Å². The molecule has 0 aliphatic heterocycles. The van der Waals surface area contributed by atoms with E-state index in [4.69, 9.17) is 9.97 Å². The van der Waals surface area contributed by atoms with Gasteiger partial charge in [-0.15, -0.1) is 16.4 Å². The normalized spacial score (nSPS) is 16.9. The van der Waals surface area contributed by atoms with E-state index in [2.05, 4.69) is 25.9 Å². The molecule has 0 radical (unpaired) electrons. The smallest absolute Gasteiger partial charge is 0.185 e. The summed E-state index contributed by atoms with van der Waals surface area (Å²) in [6, 6.07) is 11.7. The van der Waals surface area contributed by atoms with Gasteiger partial charge in [0.2, 0.25) is 0 Å². The van der Waals surface area contributed by atoms with Crippen LogP contribution in [0.2, 0.25) is 0 Å². The van der Waals surface area contributed by atoms with Gasteiger partial charge < -0.3 is 5.11 Å². The van der Waals surface area contributed by atoms with Crippen molar-refractivity contribution >= 4 is 38.0 Å². The summed E-state index contributed by atoms with van der Waals surface area (Å²) >= 11 is 1.80. The van der Waals surface area contributed by atoms with E-state index in [9.17, 15) is 5.11 Å². The molecule has 31 heavy (non-hydrogen) atoms. The summed E-state index contributed by atoms with van der Waals surface area (Å²) in [6.45, 7) is 7.02. The molecule has 0 amide bonds. The van der Waals surface area contributed by atoms with Gasteiger partial charge in [0.25, 0.3) is 0 Å². The third-order valence-electron chi connectivity index (χ3n) is 6.75. The molecule has 2 aromatic carbocycles. The van der Waals surface area contributed by atoms with E-state index < -0.39 is 0 Å². The van der Waals surface area contributed by atoms with Gasteiger partial charge in [-0.25, -0.2) is 14.5 Å². The van der Waals surface area contributed by atoms with E-state index in [1.54, 1.807) is 22.2 Å². The van der Waals surface area contributed by atoms with Crippen molar-refractivity contribution in [3.8, 4) is 17.1 Å². The molecule has 0 saturated carbocycles. The van der Waals surface area contributed by atoms with Crippen molar-refractivity contribution in [3.63, 3.8) is 0 Å². The van der Waals surface area contributed by atoms with Crippen LogP contribution in [0.5, 0.6) is 5.75 Å². The van der Waals surface area contributed by atoms with Gasteiger partial charge in [-0.2, -0.15) is 0 Å². The van der Waals surface area contributed by atoms with Crippen molar-refractivity contribution in [1.29, 1.82) is 0 Å². The lowest BCUT2D eigenvalue weighted by Gasteiger charge is -2.33. The van der Waals surface area contributed by atoms with Crippen molar-refractivity contribution in [3.05, 3.63) is 53.2 Å². The Morgan fingerprint density at radius 1 is 1.13 bits per heavy atom. The first kappa shape index (κ1) is 18.8. The van der Waals surface area contributed by atoms with Crippen LogP contribution >= 0.6 is 11.3 Å². The maximum absolute atomic E-state index is 10.9. The highest BCUT2D eigenvalue weighted by Gasteiger charge is 2.32. The fraction of sp³-hybridized carbons (Fsp3) is 0.320. The van der Waals surface area contributed by atoms with E-state index in [-0.39, 0.29) is 5.75 Å². The first-order chi connectivity index (χ1) is 14.9. The zero-order chi connectivity index (χ0) is 21.3. The summed E-state index contributed by atoms with van der Waals surface area (Å²) in [5, 5.41) is 18.5. The molecule has 5 nitrogen and oxygen atoms in total. The fourth-order valence-electron chi connectivity index (χ4n) is 4.86. The number of fused-ring (bicyclic) bond motifs is 6. The number of aryl methyl sites for hydroxylation is 1. The third-order valence-corrected chi connectivity index (χ3v) is 7.91. The van der Waals surface area contributed by atoms with Crippen LogP contribution in [-0.2, 0) is 12.8 Å². The molecule has 1 atom stereocenters. The van der Waals surface area contributed by atoms with Gasteiger partial charge in [0.1, 0.15) is 16.9 Å². The van der Waals surface area contributed by atoms with Gasteiger partial charge in [0.05, 0.1) is 10.9 Å². The van der Waals surface area contributed by atoms with Crippen LogP contribution in [0.3, 0.4) is 0 Å². The van der Waals surface area contributed by atoms with Crippen molar-refractivity contribution in [2.75, 3.05) is 0 Å². The predicted molar refractivity (Wildman–Crippen MR) is 126 cm³/mol. The van der Waals surface area contributed by atoms with E-state index in [0.717, 1.165) is 39.5 Å². The molecule has 6 rings (SSSR count). The van der Waals surface area contributed by atoms with Crippen LogP contribution < -0.4 is 0 Å². The highest BCUT2D eigenvalue weighted by atomic mass is 32.1. The molecule has 0 saturated heterocycles. The maximum atomic E-state index is 10.9. The first-order valence-electron chi connectivity index (χ1n) is 10.8. The van der Waals surface area contributed by atoms with Gasteiger partial charge in [-0.3, -0.25) is 0 Å².